The van der Waals surface area contributed by atoms with Crippen molar-refractivity contribution < 1.29 is 19.1 Å². The van der Waals surface area contributed by atoms with Gasteiger partial charge in [0.1, 0.15) is 0 Å². The molecule has 1 amide bonds. The molecule has 1 heterocycles. The molecule has 0 spiro atoms. The molecule has 6 nitrogen and oxygen atoms in total. The van der Waals surface area contributed by atoms with E-state index >= 15 is 0 Å². The van der Waals surface area contributed by atoms with Crippen LogP contribution in [0.2, 0.25) is 0 Å². The molecule has 0 aromatic heterocycles. The van der Waals surface area contributed by atoms with Crippen molar-refractivity contribution in [3.8, 4) is 0 Å². The van der Waals surface area contributed by atoms with E-state index in [2.05, 4.69) is 5.32 Å². The number of carbonyl (C=O) groups excluding carboxylic acids is 2. The zero-order valence-electron chi connectivity index (χ0n) is 11.1. The normalized spacial score (nSPS) is 15.6. The molecule has 108 valence electrons. The third-order valence-electron chi connectivity index (χ3n) is 3.04. The number of benzene rings is 1. The summed E-state index contributed by atoms with van der Waals surface area (Å²) in [5.41, 5.74) is 6.39. The molecule has 6 heteroatoms. The number of amides is 1. The van der Waals surface area contributed by atoms with Gasteiger partial charge in [0.25, 0.3) is 5.91 Å². The second-order valence-corrected chi connectivity index (χ2v) is 4.66. The number of nitrogens with one attached hydrogen (secondary N) is 1. The maximum atomic E-state index is 11.7. The minimum absolute atomic E-state index is 0.0994. The smallest absolute Gasteiger partial charge is 0.338 e. The quantitative estimate of drug-likeness (QED) is 0.625. The van der Waals surface area contributed by atoms with Crippen LogP contribution in [0.3, 0.4) is 0 Å². The molecule has 20 heavy (non-hydrogen) atoms. The summed E-state index contributed by atoms with van der Waals surface area (Å²) in [5.74, 6) is -0.853. The molecule has 1 saturated heterocycles. The summed E-state index contributed by atoms with van der Waals surface area (Å²) in [6.45, 7) is 1.01. The molecule has 1 aliphatic heterocycles. The third-order valence-corrected chi connectivity index (χ3v) is 3.04. The van der Waals surface area contributed by atoms with Crippen LogP contribution in [0.1, 0.15) is 23.2 Å². The molecule has 3 N–H and O–H groups in total. The highest BCUT2D eigenvalue weighted by Crippen LogP contribution is 2.08. The highest BCUT2D eigenvalue weighted by atomic mass is 16.5. The molecule has 0 aliphatic carbocycles. The van der Waals surface area contributed by atoms with Gasteiger partial charge in [-0.15, -0.1) is 0 Å². The van der Waals surface area contributed by atoms with Gasteiger partial charge in [-0.05, 0) is 31.0 Å². The second kappa shape index (κ2) is 6.91. The van der Waals surface area contributed by atoms with E-state index in [0.29, 0.717) is 24.5 Å². The van der Waals surface area contributed by atoms with E-state index in [-0.39, 0.29) is 18.6 Å². The predicted molar refractivity (Wildman–Crippen MR) is 73.1 cm³/mol. The summed E-state index contributed by atoms with van der Waals surface area (Å²) in [4.78, 5) is 23.4. The van der Waals surface area contributed by atoms with Crippen molar-refractivity contribution in [1.82, 2.24) is 5.32 Å². The SMILES string of the molecule is Nc1cccc(C(=O)OCC(=O)NC2CCOCC2)c1. The van der Waals surface area contributed by atoms with Gasteiger partial charge in [0.05, 0.1) is 5.56 Å². The van der Waals surface area contributed by atoms with Crippen molar-refractivity contribution >= 4 is 17.6 Å². The maximum Gasteiger partial charge on any atom is 0.338 e. The molecule has 1 aromatic carbocycles. The summed E-state index contributed by atoms with van der Waals surface area (Å²) in [5, 5.41) is 2.82. The minimum Gasteiger partial charge on any atom is -0.452 e. The minimum atomic E-state index is -0.556. The Hall–Kier alpha value is -2.08. The topological polar surface area (TPSA) is 90.7 Å². The second-order valence-electron chi connectivity index (χ2n) is 4.66. The number of rotatable bonds is 4. The Bertz CT molecular complexity index is 484. The highest BCUT2D eigenvalue weighted by molar-refractivity contribution is 5.92. The van der Waals surface area contributed by atoms with Gasteiger partial charge < -0.3 is 20.5 Å². The van der Waals surface area contributed by atoms with Crippen LogP contribution >= 0.6 is 0 Å². The number of esters is 1. The van der Waals surface area contributed by atoms with E-state index in [1.54, 1.807) is 18.2 Å². The standard InChI is InChI=1S/C14H18N2O4/c15-11-3-1-2-10(8-11)14(18)20-9-13(17)16-12-4-6-19-7-5-12/h1-3,8,12H,4-7,9,15H2,(H,16,17). The van der Waals surface area contributed by atoms with Gasteiger partial charge in [-0.3, -0.25) is 4.79 Å². The molecule has 1 aromatic rings. The maximum absolute atomic E-state index is 11.7. The molecule has 0 atom stereocenters. The van der Waals surface area contributed by atoms with Crippen LogP contribution in [0.4, 0.5) is 5.69 Å². The van der Waals surface area contributed by atoms with Gasteiger partial charge in [-0.2, -0.15) is 0 Å². The number of hydrogen-bond acceptors (Lipinski definition) is 5. The summed E-state index contributed by atoms with van der Waals surface area (Å²) < 4.78 is 10.1. The largest absolute Gasteiger partial charge is 0.452 e. The zero-order chi connectivity index (χ0) is 14.4. The Labute approximate surface area is 117 Å². The first kappa shape index (κ1) is 14.3. The summed E-state index contributed by atoms with van der Waals surface area (Å²) in [6, 6.07) is 6.54. The van der Waals surface area contributed by atoms with Crippen molar-refractivity contribution in [2.24, 2.45) is 0 Å². The van der Waals surface area contributed by atoms with Crippen LogP contribution in [0.5, 0.6) is 0 Å². The fourth-order valence-electron chi connectivity index (χ4n) is 1.99. The Kier molecular flexibility index (Phi) is 4.95. The zero-order valence-corrected chi connectivity index (χ0v) is 11.1. The van der Waals surface area contributed by atoms with Crippen molar-refractivity contribution in [2.75, 3.05) is 25.6 Å². The Morgan fingerprint density at radius 2 is 2.10 bits per heavy atom. The molecular weight excluding hydrogens is 260 g/mol. The van der Waals surface area contributed by atoms with Crippen molar-refractivity contribution in [2.45, 2.75) is 18.9 Å². The van der Waals surface area contributed by atoms with E-state index in [9.17, 15) is 9.59 Å². The van der Waals surface area contributed by atoms with Gasteiger partial charge in [-0.1, -0.05) is 6.07 Å². The third kappa shape index (κ3) is 4.24. The van der Waals surface area contributed by atoms with E-state index in [4.69, 9.17) is 15.2 Å². The fourth-order valence-corrected chi connectivity index (χ4v) is 1.99. The summed E-state index contributed by atoms with van der Waals surface area (Å²) >= 11 is 0. The van der Waals surface area contributed by atoms with Gasteiger partial charge in [0.15, 0.2) is 6.61 Å². The first-order valence-electron chi connectivity index (χ1n) is 6.55. The average molecular weight is 278 g/mol. The van der Waals surface area contributed by atoms with Crippen molar-refractivity contribution in [3.05, 3.63) is 29.8 Å². The van der Waals surface area contributed by atoms with Gasteiger partial charge >= 0.3 is 5.97 Å². The molecule has 0 unspecified atom stereocenters. The Balaban J connectivity index is 1.76. The molecule has 0 bridgehead atoms. The first-order chi connectivity index (χ1) is 9.65. The first-order valence-corrected chi connectivity index (χ1v) is 6.55. The summed E-state index contributed by atoms with van der Waals surface area (Å²) in [6.07, 6.45) is 1.57. The van der Waals surface area contributed by atoms with Gasteiger partial charge in [0.2, 0.25) is 0 Å². The molecule has 1 fully saturated rings. The van der Waals surface area contributed by atoms with E-state index in [1.807, 2.05) is 0 Å². The van der Waals surface area contributed by atoms with Crippen LogP contribution < -0.4 is 11.1 Å². The Morgan fingerprint density at radius 3 is 2.80 bits per heavy atom. The number of nitrogen functional groups attached to an aromatic ring is 1. The lowest BCUT2D eigenvalue weighted by Gasteiger charge is -2.22. The van der Waals surface area contributed by atoms with E-state index in [0.717, 1.165) is 12.8 Å². The van der Waals surface area contributed by atoms with Crippen LogP contribution in [0.15, 0.2) is 24.3 Å². The van der Waals surface area contributed by atoms with Crippen LogP contribution in [-0.2, 0) is 14.3 Å². The number of hydrogen-bond donors (Lipinski definition) is 2. The lowest BCUT2D eigenvalue weighted by molar-refractivity contribution is -0.125. The molecule has 0 radical (unpaired) electrons. The molecule has 0 saturated carbocycles. The average Bonchev–Trinajstić information content (AvgIpc) is 2.46. The van der Waals surface area contributed by atoms with Gasteiger partial charge in [-0.25, -0.2) is 4.79 Å². The monoisotopic (exact) mass is 278 g/mol. The van der Waals surface area contributed by atoms with Crippen molar-refractivity contribution in [1.29, 1.82) is 0 Å². The number of nitrogens with two attached hydrogens (primary N) is 1. The Morgan fingerprint density at radius 1 is 1.35 bits per heavy atom. The number of ether oxygens (including phenoxy) is 2. The van der Waals surface area contributed by atoms with Gasteiger partial charge in [0, 0.05) is 24.9 Å². The summed E-state index contributed by atoms with van der Waals surface area (Å²) in [7, 11) is 0. The number of anilines is 1. The number of carbonyl (C=O) groups is 2. The lowest BCUT2D eigenvalue weighted by Crippen LogP contribution is -2.40. The highest BCUT2D eigenvalue weighted by Gasteiger charge is 2.17. The van der Waals surface area contributed by atoms with E-state index in [1.165, 1.54) is 6.07 Å². The van der Waals surface area contributed by atoms with Crippen molar-refractivity contribution in [3.63, 3.8) is 0 Å². The van der Waals surface area contributed by atoms with Crippen LogP contribution in [-0.4, -0.2) is 37.7 Å². The predicted octanol–water partition coefficient (Wildman–Crippen LogP) is 0.721. The fraction of sp³-hybridized carbons (Fsp3) is 0.429. The molecular formula is C14H18N2O4. The van der Waals surface area contributed by atoms with E-state index < -0.39 is 5.97 Å². The molecule has 1 aliphatic rings. The molecule has 2 rings (SSSR count). The lowest BCUT2D eigenvalue weighted by atomic mass is 10.1. The van der Waals surface area contributed by atoms with Crippen LogP contribution in [0.25, 0.3) is 0 Å². The van der Waals surface area contributed by atoms with Crippen LogP contribution in [0, 0.1) is 0 Å².